The molecule has 1 aromatic heterocycles. The Morgan fingerprint density at radius 3 is 2.90 bits per heavy atom. The van der Waals surface area contributed by atoms with Crippen LogP contribution in [0.25, 0.3) is 10.8 Å². The van der Waals surface area contributed by atoms with Crippen LogP contribution in [0.5, 0.6) is 0 Å². The van der Waals surface area contributed by atoms with E-state index >= 15 is 0 Å². The summed E-state index contributed by atoms with van der Waals surface area (Å²) in [5.41, 5.74) is 0.369. The van der Waals surface area contributed by atoms with E-state index in [1.54, 1.807) is 25.1 Å². The molecule has 0 aliphatic carbocycles. The van der Waals surface area contributed by atoms with Gasteiger partial charge in [0.25, 0.3) is 5.91 Å². The van der Waals surface area contributed by atoms with E-state index in [2.05, 4.69) is 4.98 Å². The van der Waals surface area contributed by atoms with Crippen molar-refractivity contribution in [1.29, 1.82) is 0 Å². The van der Waals surface area contributed by atoms with Crippen molar-refractivity contribution in [2.45, 2.75) is 6.42 Å². The Bertz CT molecular complexity index is 616. The molecule has 0 unspecified atom stereocenters. The molecule has 0 radical (unpaired) electrons. The fourth-order valence-electron chi connectivity index (χ4n) is 2.01. The lowest BCUT2D eigenvalue weighted by Crippen LogP contribution is -2.29. The smallest absolute Gasteiger partial charge is 0.272 e. The molecule has 0 bridgehead atoms. The highest BCUT2D eigenvalue weighted by Gasteiger charge is 2.15. The first kappa shape index (κ1) is 14.8. The number of fused-ring (bicyclic) bond motifs is 1. The summed E-state index contributed by atoms with van der Waals surface area (Å²) in [6.07, 6.45) is 0.792. The Kier molecular flexibility index (Phi) is 4.93. The zero-order valence-electron chi connectivity index (χ0n) is 11.6. The first-order valence-corrected chi connectivity index (χ1v) is 6.81. The number of nitrogens with zero attached hydrogens (tertiary/aromatic N) is 2. The summed E-state index contributed by atoms with van der Waals surface area (Å²) < 4.78 is 4.98. The topological polar surface area (TPSA) is 42.4 Å². The summed E-state index contributed by atoms with van der Waals surface area (Å²) in [5.74, 6) is -0.131. The first-order chi connectivity index (χ1) is 9.63. The van der Waals surface area contributed by atoms with Crippen molar-refractivity contribution in [3.63, 3.8) is 0 Å². The highest BCUT2D eigenvalue weighted by atomic mass is 35.5. The largest absolute Gasteiger partial charge is 0.385 e. The Balaban J connectivity index is 2.22. The Morgan fingerprint density at radius 1 is 1.40 bits per heavy atom. The van der Waals surface area contributed by atoms with Gasteiger partial charge in [0.2, 0.25) is 0 Å². The van der Waals surface area contributed by atoms with Crippen LogP contribution in [0, 0.1) is 0 Å². The minimum atomic E-state index is -0.131. The van der Waals surface area contributed by atoms with Crippen molar-refractivity contribution in [1.82, 2.24) is 9.88 Å². The number of carbonyl (C=O) groups is 1. The van der Waals surface area contributed by atoms with Crippen molar-refractivity contribution >= 4 is 28.3 Å². The van der Waals surface area contributed by atoms with Crippen LogP contribution in [0.4, 0.5) is 0 Å². The van der Waals surface area contributed by atoms with Gasteiger partial charge in [0.15, 0.2) is 0 Å². The number of hydrogen-bond acceptors (Lipinski definition) is 3. The summed E-state index contributed by atoms with van der Waals surface area (Å²) in [4.78, 5) is 18.1. The van der Waals surface area contributed by atoms with Crippen LogP contribution >= 0.6 is 11.6 Å². The lowest BCUT2D eigenvalue weighted by atomic mass is 10.1. The number of amides is 1. The predicted octanol–water partition coefficient (Wildman–Crippen LogP) is 3.00. The number of hydrogen-bond donors (Lipinski definition) is 0. The lowest BCUT2D eigenvalue weighted by Gasteiger charge is -2.16. The van der Waals surface area contributed by atoms with E-state index in [0.717, 1.165) is 17.2 Å². The predicted molar refractivity (Wildman–Crippen MR) is 80.2 cm³/mol. The molecular formula is C15H17ClN2O2. The molecule has 5 heteroatoms. The Hall–Kier alpha value is -1.65. The van der Waals surface area contributed by atoms with Crippen LogP contribution in [0.3, 0.4) is 0 Å². The average Bonchev–Trinajstić information content (AvgIpc) is 2.46. The molecule has 20 heavy (non-hydrogen) atoms. The molecule has 1 amide bonds. The highest BCUT2D eigenvalue weighted by molar-refractivity contribution is 6.34. The second-order valence-electron chi connectivity index (χ2n) is 4.59. The standard InChI is InChI=1S/C15H17ClN2O2/c1-18(8-5-9-20-2)15(19)13-10-11-6-3-4-7-12(11)14(16)17-13/h3-4,6-7,10H,5,8-9H2,1-2H3. The van der Waals surface area contributed by atoms with Crippen LogP contribution < -0.4 is 0 Å². The lowest BCUT2D eigenvalue weighted by molar-refractivity contribution is 0.0774. The fraction of sp³-hybridized carbons (Fsp3) is 0.333. The van der Waals surface area contributed by atoms with Crippen molar-refractivity contribution in [2.75, 3.05) is 27.3 Å². The normalized spacial score (nSPS) is 10.8. The summed E-state index contributed by atoms with van der Waals surface area (Å²) in [7, 11) is 3.40. The SMILES string of the molecule is COCCCN(C)C(=O)c1cc2ccccc2c(Cl)n1. The van der Waals surface area contributed by atoms with Crippen molar-refractivity contribution in [2.24, 2.45) is 0 Å². The summed E-state index contributed by atoms with van der Waals surface area (Å²) in [6, 6.07) is 9.39. The number of ether oxygens (including phenoxy) is 1. The number of benzene rings is 1. The van der Waals surface area contributed by atoms with Crippen molar-refractivity contribution in [3.8, 4) is 0 Å². The van der Waals surface area contributed by atoms with E-state index in [1.165, 1.54) is 0 Å². The van der Waals surface area contributed by atoms with E-state index in [0.29, 0.717) is 24.0 Å². The summed E-state index contributed by atoms with van der Waals surface area (Å²) in [5, 5.41) is 2.13. The van der Waals surface area contributed by atoms with Crippen LogP contribution in [-0.4, -0.2) is 43.1 Å². The van der Waals surface area contributed by atoms with Gasteiger partial charge in [-0.2, -0.15) is 0 Å². The van der Waals surface area contributed by atoms with Crippen molar-refractivity contribution < 1.29 is 9.53 Å². The van der Waals surface area contributed by atoms with E-state index in [-0.39, 0.29) is 5.91 Å². The monoisotopic (exact) mass is 292 g/mol. The summed E-state index contributed by atoms with van der Waals surface area (Å²) in [6.45, 7) is 1.25. The van der Waals surface area contributed by atoms with Gasteiger partial charge in [-0.15, -0.1) is 0 Å². The zero-order valence-corrected chi connectivity index (χ0v) is 12.4. The van der Waals surface area contributed by atoms with Gasteiger partial charge in [0, 0.05) is 32.7 Å². The first-order valence-electron chi connectivity index (χ1n) is 6.43. The van der Waals surface area contributed by atoms with Gasteiger partial charge in [-0.1, -0.05) is 35.9 Å². The van der Waals surface area contributed by atoms with E-state index in [4.69, 9.17) is 16.3 Å². The molecule has 1 heterocycles. The molecule has 2 aromatic rings. The van der Waals surface area contributed by atoms with E-state index in [9.17, 15) is 4.79 Å². The molecule has 106 valence electrons. The molecule has 0 N–H and O–H groups in total. The van der Waals surface area contributed by atoms with E-state index < -0.39 is 0 Å². The molecule has 0 aliphatic heterocycles. The van der Waals surface area contributed by atoms with Crippen LogP contribution in [0.2, 0.25) is 5.15 Å². The molecule has 0 atom stereocenters. The molecule has 0 saturated carbocycles. The third kappa shape index (κ3) is 3.26. The Morgan fingerprint density at radius 2 is 2.15 bits per heavy atom. The third-order valence-corrected chi connectivity index (χ3v) is 3.39. The molecule has 2 rings (SSSR count). The van der Waals surface area contributed by atoms with Gasteiger partial charge >= 0.3 is 0 Å². The summed E-state index contributed by atoms with van der Waals surface area (Å²) >= 11 is 6.14. The molecular weight excluding hydrogens is 276 g/mol. The second-order valence-corrected chi connectivity index (χ2v) is 4.95. The average molecular weight is 293 g/mol. The fourth-order valence-corrected chi connectivity index (χ4v) is 2.27. The second kappa shape index (κ2) is 6.68. The third-order valence-electron chi connectivity index (χ3n) is 3.10. The molecule has 0 saturated heterocycles. The minimum absolute atomic E-state index is 0.131. The number of carbonyl (C=O) groups excluding carboxylic acids is 1. The maximum atomic E-state index is 12.3. The number of rotatable bonds is 5. The van der Waals surface area contributed by atoms with Gasteiger partial charge in [-0.25, -0.2) is 4.98 Å². The van der Waals surface area contributed by atoms with Gasteiger partial charge in [0.05, 0.1) is 0 Å². The van der Waals surface area contributed by atoms with Gasteiger partial charge in [0.1, 0.15) is 10.8 Å². The van der Waals surface area contributed by atoms with E-state index in [1.807, 2.05) is 24.3 Å². The van der Waals surface area contributed by atoms with Crippen LogP contribution in [-0.2, 0) is 4.74 Å². The van der Waals surface area contributed by atoms with Crippen LogP contribution in [0.15, 0.2) is 30.3 Å². The Labute approximate surface area is 123 Å². The number of aromatic nitrogens is 1. The maximum Gasteiger partial charge on any atom is 0.272 e. The maximum absolute atomic E-state index is 12.3. The zero-order chi connectivity index (χ0) is 14.5. The molecule has 0 spiro atoms. The quantitative estimate of drug-likeness (QED) is 0.628. The number of halogens is 1. The van der Waals surface area contributed by atoms with Gasteiger partial charge in [-0.05, 0) is 17.9 Å². The van der Waals surface area contributed by atoms with Gasteiger partial charge in [-0.3, -0.25) is 4.79 Å². The molecule has 0 aliphatic rings. The highest BCUT2D eigenvalue weighted by Crippen LogP contribution is 2.22. The minimum Gasteiger partial charge on any atom is -0.385 e. The molecule has 0 fully saturated rings. The molecule has 4 nitrogen and oxygen atoms in total. The van der Waals surface area contributed by atoms with Crippen LogP contribution in [0.1, 0.15) is 16.9 Å². The van der Waals surface area contributed by atoms with Crippen molar-refractivity contribution in [3.05, 3.63) is 41.2 Å². The molecule has 1 aromatic carbocycles. The van der Waals surface area contributed by atoms with Gasteiger partial charge < -0.3 is 9.64 Å². The number of methoxy groups -OCH3 is 1. The number of pyridine rings is 1.